The lowest BCUT2D eigenvalue weighted by molar-refractivity contribution is -0.119. The molecule has 1 aromatic heterocycles. The Hall–Kier alpha value is -2.75. The highest BCUT2D eigenvalue weighted by Crippen LogP contribution is 2.28. The number of H-pyrrole nitrogens is 1. The second-order valence-corrected chi connectivity index (χ2v) is 5.05. The summed E-state index contributed by atoms with van der Waals surface area (Å²) in [6.07, 6.45) is 0.336. The zero-order valence-corrected chi connectivity index (χ0v) is 11.8. The van der Waals surface area contributed by atoms with Crippen molar-refractivity contribution in [2.75, 3.05) is 12.8 Å². The summed E-state index contributed by atoms with van der Waals surface area (Å²) in [5.41, 5.74) is 10.7. The Morgan fingerprint density at radius 2 is 1.95 bits per heavy atom. The van der Waals surface area contributed by atoms with E-state index in [-0.39, 0.29) is 5.91 Å². The number of carbonyl (C=O) groups excluding carboxylic acids is 1. The SMILES string of the molecule is CNC(=O)Cc1cc(N)c2[nH]c(-c3ccccc3)cc2c1. The molecule has 2 aromatic carbocycles. The number of aromatic amines is 1. The predicted molar refractivity (Wildman–Crippen MR) is 85.9 cm³/mol. The van der Waals surface area contributed by atoms with E-state index in [1.165, 1.54) is 0 Å². The van der Waals surface area contributed by atoms with Crippen LogP contribution in [0.3, 0.4) is 0 Å². The van der Waals surface area contributed by atoms with Crippen molar-refractivity contribution in [2.24, 2.45) is 0 Å². The van der Waals surface area contributed by atoms with Crippen LogP contribution in [0.4, 0.5) is 5.69 Å². The largest absolute Gasteiger partial charge is 0.397 e. The monoisotopic (exact) mass is 279 g/mol. The highest BCUT2D eigenvalue weighted by Gasteiger charge is 2.09. The molecule has 0 atom stereocenters. The lowest BCUT2D eigenvalue weighted by Crippen LogP contribution is -2.19. The van der Waals surface area contributed by atoms with E-state index in [1.807, 2.05) is 42.5 Å². The average Bonchev–Trinajstić information content (AvgIpc) is 2.92. The molecule has 3 aromatic rings. The van der Waals surface area contributed by atoms with Crippen LogP contribution in [0, 0.1) is 0 Å². The van der Waals surface area contributed by atoms with Gasteiger partial charge in [0.2, 0.25) is 5.91 Å². The summed E-state index contributed by atoms with van der Waals surface area (Å²) in [7, 11) is 1.63. The molecule has 4 N–H and O–H groups in total. The van der Waals surface area contributed by atoms with Crippen LogP contribution in [0.25, 0.3) is 22.2 Å². The summed E-state index contributed by atoms with van der Waals surface area (Å²) in [5, 5.41) is 3.65. The molecule has 0 aliphatic carbocycles. The normalized spacial score (nSPS) is 10.7. The molecule has 0 fully saturated rings. The number of hydrogen-bond donors (Lipinski definition) is 3. The van der Waals surface area contributed by atoms with Gasteiger partial charge in [-0.1, -0.05) is 30.3 Å². The highest BCUT2D eigenvalue weighted by atomic mass is 16.1. The summed E-state index contributed by atoms with van der Waals surface area (Å²) in [5.74, 6) is -0.0208. The Kier molecular flexibility index (Phi) is 3.36. The Labute approximate surface area is 123 Å². The fourth-order valence-electron chi connectivity index (χ4n) is 2.49. The molecule has 0 aliphatic rings. The Morgan fingerprint density at radius 3 is 2.67 bits per heavy atom. The Balaban J connectivity index is 2.05. The number of carbonyl (C=O) groups is 1. The molecule has 0 spiro atoms. The van der Waals surface area contributed by atoms with Crippen molar-refractivity contribution in [1.82, 2.24) is 10.3 Å². The van der Waals surface area contributed by atoms with E-state index < -0.39 is 0 Å². The summed E-state index contributed by atoms with van der Waals surface area (Å²) < 4.78 is 0. The standard InChI is InChI=1S/C17H17N3O/c1-19-16(21)9-11-7-13-10-15(12-5-3-2-4-6-12)20-17(13)14(18)8-11/h2-8,10,20H,9,18H2,1H3,(H,19,21). The fourth-order valence-corrected chi connectivity index (χ4v) is 2.49. The van der Waals surface area contributed by atoms with Gasteiger partial charge in [0.05, 0.1) is 17.6 Å². The van der Waals surface area contributed by atoms with E-state index in [4.69, 9.17) is 5.73 Å². The van der Waals surface area contributed by atoms with Crippen molar-refractivity contribution in [3.63, 3.8) is 0 Å². The minimum Gasteiger partial charge on any atom is -0.397 e. The summed E-state index contributed by atoms with van der Waals surface area (Å²) >= 11 is 0. The topological polar surface area (TPSA) is 70.9 Å². The van der Waals surface area contributed by atoms with Gasteiger partial charge in [-0.3, -0.25) is 4.79 Å². The first-order valence-electron chi connectivity index (χ1n) is 6.84. The van der Waals surface area contributed by atoms with Crippen molar-refractivity contribution < 1.29 is 4.79 Å². The Morgan fingerprint density at radius 1 is 1.19 bits per heavy atom. The van der Waals surface area contributed by atoms with E-state index in [2.05, 4.69) is 16.4 Å². The molecule has 4 nitrogen and oxygen atoms in total. The summed E-state index contributed by atoms with van der Waals surface area (Å²) in [6, 6.07) is 16.0. The van der Waals surface area contributed by atoms with Crippen molar-refractivity contribution >= 4 is 22.5 Å². The van der Waals surface area contributed by atoms with Crippen LogP contribution in [0.5, 0.6) is 0 Å². The first kappa shape index (κ1) is 13.2. The smallest absolute Gasteiger partial charge is 0.224 e. The molecule has 0 unspecified atom stereocenters. The molecule has 106 valence electrons. The molecule has 3 rings (SSSR count). The zero-order chi connectivity index (χ0) is 14.8. The lowest BCUT2D eigenvalue weighted by atomic mass is 10.1. The Bertz CT molecular complexity index is 790. The van der Waals surface area contributed by atoms with Crippen LogP contribution in [0.15, 0.2) is 48.5 Å². The lowest BCUT2D eigenvalue weighted by Gasteiger charge is -2.03. The van der Waals surface area contributed by atoms with E-state index in [9.17, 15) is 4.79 Å². The zero-order valence-electron chi connectivity index (χ0n) is 11.8. The number of nitrogen functional groups attached to an aromatic ring is 1. The maximum atomic E-state index is 11.5. The fraction of sp³-hybridized carbons (Fsp3) is 0.118. The van der Waals surface area contributed by atoms with Crippen molar-refractivity contribution in [3.8, 4) is 11.3 Å². The van der Waals surface area contributed by atoms with Crippen molar-refractivity contribution in [2.45, 2.75) is 6.42 Å². The third kappa shape index (κ3) is 2.60. The van der Waals surface area contributed by atoms with Crippen LogP contribution in [-0.4, -0.2) is 17.9 Å². The predicted octanol–water partition coefficient (Wildman–Crippen LogP) is 2.71. The number of amides is 1. The summed E-state index contributed by atoms with van der Waals surface area (Å²) in [4.78, 5) is 14.8. The van der Waals surface area contributed by atoms with Crippen molar-refractivity contribution in [3.05, 3.63) is 54.1 Å². The molecule has 0 saturated carbocycles. The van der Waals surface area contributed by atoms with Gasteiger partial charge in [-0.05, 0) is 29.3 Å². The van der Waals surface area contributed by atoms with Gasteiger partial charge in [-0.25, -0.2) is 0 Å². The number of benzene rings is 2. The van der Waals surface area contributed by atoms with Crippen LogP contribution < -0.4 is 11.1 Å². The minimum atomic E-state index is -0.0208. The molecule has 0 bridgehead atoms. The van der Waals surface area contributed by atoms with Gasteiger partial charge in [0.1, 0.15) is 0 Å². The van der Waals surface area contributed by atoms with Crippen LogP contribution in [0.1, 0.15) is 5.56 Å². The molecule has 4 heteroatoms. The van der Waals surface area contributed by atoms with Gasteiger partial charge < -0.3 is 16.0 Å². The van der Waals surface area contributed by atoms with Crippen molar-refractivity contribution in [1.29, 1.82) is 0 Å². The van der Waals surface area contributed by atoms with Gasteiger partial charge in [0.25, 0.3) is 0 Å². The molecule has 1 heterocycles. The number of fused-ring (bicyclic) bond motifs is 1. The number of rotatable bonds is 3. The number of aromatic nitrogens is 1. The van der Waals surface area contributed by atoms with E-state index in [0.29, 0.717) is 12.1 Å². The molecule has 0 aliphatic heterocycles. The molecular formula is C17H17N3O. The van der Waals surface area contributed by atoms with E-state index >= 15 is 0 Å². The molecule has 21 heavy (non-hydrogen) atoms. The van der Waals surface area contributed by atoms with Gasteiger partial charge in [0.15, 0.2) is 0 Å². The third-order valence-electron chi connectivity index (χ3n) is 3.55. The number of likely N-dealkylation sites (N-methyl/N-ethyl adjacent to an activating group) is 1. The van der Waals surface area contributed by atoms with Gasteiger partial charge >= 0.3 is 0 Å². The molecule has 1 amide bonds. The average molecular weight is 279 g/mol. The first-order valence-corrected chi connectivity index (χ1v) is 6.84. The molecule has 0 saturated heterocycles. The maximum absolute atomic E-state index is 11.5. The quantitative estimate of drug-likeness (QED) is 0.645. The van der Waals surface area contributed by atoms with Crippen LogP contribution in [0.2, 0.25) is 0 Å². The number of anilines is 1. The van der Waals surface area contributed by atoms with Gasteiger partial charge in [0, 0.05) is 18.1 Å². The van der Waals surface area contributed by atoms with E-state index in [1.54, 1.807) is 7.05 Å². The minimum absolute atomic E-state index is 0.0208. The van der Waals surface area contributed by atoms with Crippen LogP contribution >= 0.6 is 0 Å². The first-order chi connectivity index (χ1) is 10.2. The number of nitrogens with two attached hydrogens (primary N) is 1. The third-order valence-corrected chi connectivity index (χ3v) is 3.55. The highest BCUT2D eigenvalue weighted by molar-refractivity contribution is 5.95. The van der Waals surface area contributed by atoms with Crippen LogP contribution in [-0.2, 0) is 11.2 Å². The van der Waals surface area contributed by atoms with Gasteiger partial charge in [-0.2, -0.15) is 0 Å². The second-order valence-electron chi connectivity index (χ2n) is 5.05. The molecular weight excluding hydrogens is 262 g/mol. The number of nitrogens with one attached hydrogen (secondary N) is 2. The number of hydrogen-bond acceptors (Lipinski definition) is 2. The van der Waals surface area contributed by atoms with E-state index in [0.717, 1.165) is 27.7 Å². The summed E-state index contributed by atoms with van der Waals surface area (Å²) in [6.45, 7) is 0. The second kappa shape index (κ2) is 5.32. The maximum Gasteiger partial charge on any atom is 0.224 e. The molecule has 0 radical (unpaired) electrons. The van der Waals surface area contributed by atoms with Gasteiger partial charge in [-0.15, -0.1) is 0 Å².